The van der Waals surface area contributed by atoms with Crippen molar-refractivity contribution in [3.63, 3.8) is 0 Å². The van der Waals surface area contributed by atoms with Crippen LogP contribution in [0.5, 0.6) is 11.5 Å². The van der Waals surface area contributed by atoms with Gasteiger partial charge in [-0.2, -0.15) is 5.10 Å². The lowest BCUT2D eigenvalue weighted by atomic mass is 10.2. The number of benzene rings is 1. The summed E-state index contributed by atoms with van der Waals surface area (Å²) in [5.74, 6) is 0.477. The summed E-state index contributed by atoms with van der Waals surface area (Å²) in [6.45, 7) is 4.25. The third kappa shape index (κ3) is 6.54. The van der Waals surface area contributed by atoms with Crippen LogP contribution in [0.2, 0.25) is 0 Å². The molecule has 0 unspecified atom stereocenters. The minimum Gasteiger partial charge on any atom is -0.493 e. The van der Waals surface area contributed by atoms with Crippen LogP contribution < -0.4 is 14.8 Å². The van der Waals surface area contributed by atoms with Gasteiger partial charge < -0.3 is 19.9 Å². The van der Waals surface area contributed by atoms with Crippen molar-refractivity contribution in [1.29, 1.82) is 0 Å². The molecule has 1 heterocycles. The molecule has 0 radical (unpaired) electrons. The molecule has 1 aromatic carbocycles. The summed E-state index contributed by atoms with van der Waals surface area (Å²) in [5.41, 5.74) is 0. The van der Waals surface area contributed by atoms with Gasteiger partial charge in [0.15, 0.2) is 12.4 Å². The van der Waals surface area contributed by atoms with Gasteiger partial charge in [0.05, 0.1) is 6.61 Å². The second-order valence-electron chi connectivity index (χ2n) is 5.81. The second-order valence-corrected chi connectivity index (χ2v) is 5.81. The fourth-order valence-electron chi connectivity index (χ4n) is 1.90. The highest BCUT2D eigenvalue weighted by Crippen LogP contribution is 2.20. The SMILES string of the molecule is CC(C)COc1cccc(OCC(=O)Nc2ccn(CC(=O)O)n2)c1. The van der Waals surface area contributed by atoms with Crippen LogP contribution >= 0.6 is 0 Å². The van der Waals surface area contributed by atoms with Crippen molar-refractivity contribution in [2.45, 2.75) is 20.4 Å². The van der Waals surface area contributed by atoms with E-state index in [1.54, 1.807) is 18.2 Å². The molecule has 0 saturated carbocycles. The highest BCUT2D eigenvalue weighted by molar-refractivity contribution is 5.90. The first-order chi connectivity index (χ1) is 11.9. The maximum atomic E-state index is 11.9. The molecule has 0 fully saturated rings. The Labute approximate surface area is 145 Å². The van der Waals surface area contributed by atoms with Gasteiger partial charge in [0.1, 0.15) is 18.0 Å². The molecule has 8 nitrogen and oxygen atoms in total. The fourth-order valence-corrected chi connectivity index (χ4v) is 1.90. The van der Waals surface area contributed by atoms with E-state index in [0.717, 1.165) is 0 Å². The second kappa shape index (κ2) is 8.72. The van der Waals surface area contributed by atoms with Crippen molar-refractivity contribution in [1.82, 2.24) is 9.78 Å². The van der Waals surface area contributed by atoms with Crippen LogP contribution in [0.4, 0.5) is 5.82 Å². The number of nitrogens with one attached hydrogen (secondary N) is 1. The molecule has 0 spiro atoms. The average molecular weight is 347 g/mol. The predicted molar refractivity (Wildman–Crippen MR) is 90.8 cm³/mol. The van der Waals surface area contributed by atoms with Crippen LogP contribution in [0.1, 0.15) is 13.8 Å². The van der Waals surface area contributed by atoms with E-state index in [-0.39, 0.29) is 19.0 Å². The van der Waals surface area contributed by atoms with Crippen LogP contribution in [-0.4, -0.2) is 40.0 Å². The van der Waals surface area contributed by atoms with Crippen molar-refractivity contribution < 1.29 is 24.2 Å². The Bertz CT molecular complexity index is 727. The zero-order valence-corrected chi connectivity index (χ0v) is 14.1. The summed E-state index contributed by atoms with van der Waals surface area (Å²) in [6, 6.07) is 8.58. The molecule has 1 amide bonds. The van der Waals surface area contributed by atoms with Crippen LogP contribution in [0.3, 0.4) is 0 Å². The van der Waals surface area contributed by atoms with Crippen LogP contribution in [0, 0.1) is 5.92 Å². The van der Waals surface area contributed by atoms with Gasteiger partial charge in [-0.3, -0.25) is 14.3 Å². The largest absolute Gasteiger partial charge is 0.493 e. The van der Waals surface area contributed by atoms with E-state index < -0.39 is 11.9 Å². The highest BCUT2D eigenvalue weighted by atomic mass is 16.5. The number of carboxylic acid groups (broad SMARTS) is 1. The molecule has 1 aromatic heterocycles. The smallest absolute Gasteiger partial charge is 0.325 e. The van der Waals surface area contributed by atoms with Gasteiger partial charge in [-0.25, -0.2) is 0 Å². The van der Waals surface area contributed by atoms with Gasteiger partial charge in [0.25, 0.3) is 5.91 Å². The lowest BCUT2D eigenvalue weighted by Crippen LogP contribution is -2.20. The van der Waals surface area contributed by atoms with Gasteiger partial charge in [-0.15, -0.1) is 0 Å². The number of ether oxygens (including phenoxy) is 2. The normalized spacial score (nSPS) is 10.5. The Kier molecular flexibility index (Phi) is 6.39. The number of rotatable bonds is 9. The molecule has 0 atom stereocenters. The van der Waals surface area contributed by atoms with Crippen molar-refractivity contribution >= 4 is 17.7 Å². The molecule has 2 rings (SSSR count). The lowest BCUT2D eigenvalue weighted by Gasteiger charge is -2.10. The first-order valence-electron chi connectivity index (χ1n) is 7.83. The molecule has 134 valence electrons. The topological polar surface area (TPSA) is 103 Å². The zero-order chi connectivity index (χ0) is 18.2. The Balaban J connectivity index is 1.82. The number of carbonyl (C=O) groups excluding carboxylic acids is 1. The van der Waals surface area contributed by atoms with Crippen molar-refractivity contribution in [3.8, 4) is 11.5 Å². The number of carbonyl (C=O) groups is 2. The third-order valence-electron chi connectivity index (χ3n) is 2.96. The number of aliphatic carboxylic acids is 1. The average Bonchev–Trinajstić information content (AvgIpc) is 2.97. The van der Waals surface area contributed by atoms with E-state index in [9.17, 15) is 9.59 Å². The summed E-state index contributed by atoms with van der Waals surface area (Å²) in [6.07, 6.45) is 1.47. The quantitative estimate of drug-likeness (QED) is 0.719. The number of carboxylic acids is 1. The lowest BCUT2D eigenvalue weighted by molar-refractivity contribution is -0.137. The molecular weight excluding hydrogens is 326 g/mol. The van der Waals surface area contributed by atoms with Crippen LogP contribution in [0.25, 0.3) is 0 Å². The number of aromatic nitrogens is 2. The maximum absolute atomic E-state index is 11.9. The van der Waals surface area contributed by atoms with Gasteiger partial charge in [-0.1, -0.05) is 19.9 Å². The number of hydrogen-bond acceptors (Lipinski definition) is 5. The summed E-state index contributed by atoms with van der Waals surface area (Å²) in [4.78, 5) is 22.5. The maximum Gasteiger partial charge on any atom is 0.325 e. The van der Waals surface area contributed by atoms with E-state index in [2.05, 4.69) is 24.3 Å². The molecule has 0 bridgehead atoms. The Morgan fingerprint density at radius 1 is 1.24 bits per heavy atom. The molecule has 0 saturated heterocycles. The molecule has 0 aliphatic rings. The summed E-state index contributed by atoms with van der Waals surface area (Å²) >= 11 is 0. The van der Waals surface area contributed by atoms with Gasteiger partial charge in [0, 0.05) is 18.3 Å². The van der Waals surface area contributed by atoms with E-state index in [4.69, 9.17) is 14.6 Å². The summed E-state index contributed by atoms with van der Waals surface area (Å²) in [7, 11) is 0. The Morgan fingerprint density at radius 2 is 1.96 bits per heavy atom. The summed E-state index contributed by atoms with van der Waals surface area (Å²) in [5, 5.41) is 15.1. The van der Waals surface area contributed by atoms with Gasteiger partial charge in [0.2, 0.25) is 0 Å². The molecule has 0 aliphatic heterocycles. The van der Waals surface area contributed by atoms with E-state index in [1.165, 1.54) is 16.9 Å². The standard InChI is InChI=1S/C17H21N3O5/c1-12(2)10-24-13-4-3-5-14(8-13)25-11-16(21)18-15-6-7-20(19-15)9-17(22)23/h3-8,12H,9-11H2,1-2H3,(H,22,23)(H,18,19,21). The molecule has 25 heavy (non-hydrogen) atoms. The monoisotopic (exact) mass is 347 g/mol. The molecule has 2 aromatic rings. The minimum atomic E-state index is -1.01. The highest BCUT2D eigenvalue weighted by Gasteiger charge is 2.08. The van der Waals surface area contributed by atoms with Crippen molar-refractivity contribution in [3.05, 3.63) is 36.5 Å². The van der Waals surface area contributed by atoms with Crippen LogP contribution in [0.15, 0.2) is 36.5 Å². The third-order valence-corrected chi connectivity index (χ3v) is 2.96. The summed E-state index contributed by atoms with van der Waals surface area (Å²) < 4.78 is 12.3. The molecule has 8 heteroatoms. The number of anilines is 1. The van der Waals surface area contributed by atoms with E-state index in [0.29, 0.717) is 24.0 Å². The molecular formula is C17H21N3O5. The van der Waals surface area contributed by atoms with E-state index in [1.807, 2.05) is 6.07 Å². The van der Waals surface area contributed by atoms with Crippen LogP contribution in [-0.2, 0) is 16.1 Å². The first kappa shape index (κ1) is 18.3. The fraction of sp³-hybridized carbons (Fsp3) is 0.353. The molecule has 2 N–H and O–H groups in total. The number of hydrogen-bond donors (Lipinski definition) is 2. The van der Waals surface area contributed by atoms with Gasteiger partial charge >= 0.3 is 5.97 Å². The van der Waals surface area contributed by atoms with Gasteiger partial charge in [-0.05, 0) is 18.1 Å². The Morgan fingerprint density at radius 3 is 2.64 bits per heavy atom. The number of amides is 1. The first-order valence-corrected chi connectivity index (χ1v) is 7.83. The van der Waals surface area contributed by atoms with Crippen molar-refractivity contribution in [2.75, 3.05) is 18.5 Å². The van der Waals surface area contributed by atoms with Crippen molar-refractivity contribution in [2.24, 2.45) is 5.92 Å². The molecule has 0 aliphatic carbocycles. The Hall–Kier alpha value is -3.03. The number of nitrogens with zero attached hydrogens (tertiary/aromatic N) is 2. The zero-order valence-electron chi connectivity index (χ0n) is 14.1. The minimum absolute atomic E-state index is 0.195. The predicted octanol–water partition coefficient (Wildman–Crippen LogP) is 2.02. The van der Waals surface area contributed by atoms with E-state index >= 15 is 0 Å².